The van der Waals surface area contributed by atoms with Gasteiger partial charge in [0.2, 0.25) is 5.91 Å². The molecule has 0 bridgehead atoms. The molecule has 6 nitrogen and oxygen atoms in total. The standard InChI is InChI=1S/C16H19ClN2O4S2/c1-3-4-15(20)18-16-19(10-5-6-13(23-2)11(17)7-10)12-8-25(21,22)9-14(12)24-16/h5-7,12,14H,3-4,8-9H2,1-2H3/t12-,14+/m0/s1. The van der Waals surface area contributed by atoms with Gasteiger partial charge in [-0.2, -0.15) is 4.99 Å². The van der Waals surface area contributed by atoms with Crippen LogP contribution in [0.25, 0.3) is 0 Å². The Hall–Kier alpha value is -1.25. The summed E-state index contributed by atoms with van der Waals surface area (Å²) in [5.74, 6) is 0.491. The SMILES string of the molecule is CCCC(=O)N=C1S[C@@H]2CS(=O)(=O)C[C@@H]2N1c1ccc(OC)c(Cl)c1. The quantitative estimate of drug-likeness (QED) is 0.770. The number of anilines is 1. The van der Waals surface area contributed by atoms with Crippen molar-refractivity contribution in [1.29, 1.82) is 0 Å². The zero-order valence-electron chi connectivity index (χ0n) is 13.9. The van der Waals surface area contributed by atoms with Crippen LogP contribution in [0.2, 0.25) is 5.02 Å². The van der Waals surface area contributed by atoms with E-state index in [1.165, 1.54) is 18.9 Å². The molecule has 0 spiro atoms. The van der Waals surface area contributed by atoms with Crippen LogP contribution in [0.5, 0.6) is 5.75 Å². The fraction of sp³-hybridized carbons (Fsp3) is 0.500. The van der Waals surface area contributed by atoms with Gasteiger partial charge in [-0.1, -0.05) is 30.3 Å². The first-order valence-corrected chi connectivity index (χ1v) is 11.0. The average Bonchev–Trinajstić information content (AvgIpc) is 2.98. The summed E-state index contributed by atoms with van der Waals surface area (Å²) in [5.41, 5.74) is 0.714. The number of hydrogen-bond donors (Lipinski definition) is 0. The topological polar surface area (TPSA) is 76.0 Å². The molecule has 136 valence electrons. The number of carbonyl (C=O) groups excluding carboxylic acids is 1. The van der Waals surface area contributed by atoms with Crippen molar-refractivity contribution in [2.45, 2.75) is 31.1 Å². The van der Waals surface area contributed by atoms with Crippen LogP contribution in [0, 0.1) is 0 Å². The van der Waals surface area contributed by atoms with E-state index in [9.17, 15) is 13.2 Å². The number of fused-ring (bicyclic) bond motifs is 1. The van der Waals surface area contributed by atoms with Crippen LogP contribution in [0.1, 0.15) is 19.8 Å². The third-order valence-electron chi connectivity index (χ3n) is 4.16. The van der Waals surface area contributed by atoms with Crippen LogP contribution in [-0.4, -0.2) is 49.4 Å². The normalized spacial score (nSPS) is 26.0. The van der Waals surface area contributed by atoms with Crippen molar-refractivity contribution in [2.24, 2.45) is 4.99 Å². The zero-order chi connectivity index (χ0) is 18.2. The fourth-order valence-electron chi connectivity index (χ4n) is 3.05. The summed E-state index contributed by atoms with van der Waals surface area (Å²) in [5, 5.41) is 0.845. The van der Waals surface area contributed by atoms with Crippen molar-refractivity contribution in [2.75, 3.05) is 23.5 Å². The number of rotatable bonds is 4. The minimum atomic E-state index is -3.09. The average molecular weight is 403 g/mol. The van der Waals surface area contributed by atoms with E-state index in [0.717, 1.165) is 6.42 Å². The smallest absolute Gasteiger partial charge is 0.248 e. The second-order valence-corrected chi connectivity index (χ2v) is 9.79. The molecule has 0 radical (unpaired) electrons. The Kier molecular flexibility index (Phi) is 5.31. The summed E-state index contributed by atoms with van der Waals surface area (Å²) >= 11 is 7.58. The lowest BCUT2D eigenvalue weighted by atomic mass is 10.2. The van der Waals surface area contributed by atoms with Gasteiger partial charge in [-0.15, -0.1) is 0 Å². The van der Waals surface area contributed by atoms with E-state index in [-0.39, 0.29) is 28.7 Å². The number of sulfone groups is 1. The molecule has 2 fully saturated rings. The summed E-state index contributed by atoms with van der Waals surface area (Å²) in [6.45, 7) is 1.92. The predicted octanol–water partition coefficient (Wildman–Crippen LogP) is 2.75. The molecular weight excluding hydrogens is 384 g/mol. The van der Waals surface area contributed by atoms with E-state index >= 15 is 0 Å². The molecule has 0 saturated carbocycles. The zero-order valence-corrected chi connectivity index (χ0v) is 16.3. The van der Waals surface area contributed by atoms with Gasteiger partial charge in [0.15, 0.2) is 15.0 Å². The van der Waals surface area contributed by atoms with Gasteiger partial charge in [0.1, 0.15) is 5.75 Å². The predicted molar refractivity (Wildman–Crippen MR) is 102 cm³/mol. The van der Waals surface area contributed by atoms with Crippen molar-refractivity contribution in [3.63, 3.8) is 0 Å². The molecule has 0 aromatic heterocycles. The second-order valence-electron chi connectivity index (χ2n) is 6.03. The molecule has 0 N–H and O–H groups in total. The minimum Gasteiger partial charge on any atom is -0.495 e. The molecule has 25 heavy (non-hydrogen) atoms. The molecular formula is C16H19ClN2O4S2. The van der Waals surface area contributed by atoms with Gasteiger partial charge < -0.3 is 9.64 Å². The van der Waals surface area contributed by atoms with Crippen LogP contribution >= 0.6 is 23.4 Å². The number of thioether (sulfide) groups is 1. The lowest BCUT2D eigenvalue weighted by Gasteiger charge is -2.25. The summed E-state index contributed by atoms with van der Waals surface area (Å²) < 4.78 is 29.2. The Morgan fingerprint density at radius 2 is 2.20 bits per heavy atom. The molecule has 2 atom stereocenters. The number of amides is 1. The number of amidine groups is 1. The monoisotopic (exact) mass is 402 g/mol. The van der Waals surface area contributed by atoms with Crippen molar-refractivity contribution < 1.29 is 17.9 Å². The number of halogens is 1. The minimum absolute atomic E-state index is 0.0509. The van der Waals surface area contributed by atoms with Crippen molar-refractivity contribution in [3.8, 4) is 5.75 Å². The molecule has 1 aromatic carbocycles. The van der Waals surface area contributed by atoms with Crippen LogP contribution < -0.4 is 9.64 Å². The van der Waals surface area contributed by atoms with E-state index in [4.69, 9.17) is 16.3 Å². The molecule has 0 aliphatic carbocycles. The molecule has 2 aliphatic heterocycles. The van der Waals surface area contributed by atoms with Crippen molar-refractivity contribution >= 4 is 50.0 Å². The van der Waals surface area contributed by atoms with E-state index in [2.05, 4.69) is 4.99 Å². The first kappa shape index (κ1) is 18.5. The van der Waals surface area contributed by atoms with E-state index in [1.54, 1.807) is 18.2 Å². The molecule has 1 aromatic rings. The van der Waals surface area contributed by atoms with E-state index in [1.807, 2.05) is 11.8 Å². The number of nitrogens with zero attached hydrogens (tertiary/aromatic N) is 2. The van der Waals surface area contributed by atoms with Gasteiger partial charge in [0, 0.05) is 17.4 Å². The highest BCUT2D eigenvalue weighted by Gasteiger charge is 2.49. The van der Waals surface area contributed by atoms with Gasteiger partial charge in [0.05, 0.1) is 29.7 Å². The van der Waals surface area contributed by atoms with Crippen LogP contribution in [0.15, 0.2) is 23.2 Å². The van der Waals surface area contributed by atoms with E-state index in [0.29, 0.717) is 28.0 Å². The number of carbonyl (C=O) groups is 1. The van der Waals surface area contributed by atoms with Gasteiger partial charge >= 0.3 is 0 Å². The van der Waals surface area contributed by atoms with Crippen LogP contribution in [0.4, 0.5) is 5.69 Å². The molecule has 2 heterocycles. The van der Waals surface area contributed by atoms with Gasteiger partial charge in [-0.3, -0.25) is 4.79 Å². The highest BCUT2D eigenvalue weighted by molar-refractivity contribution is 8.16. The summed E-state index contributed by atoms with van der Waals surface area (Å²) in [7, 11) is -1.56. The molecule has 2 aliphatic rings. The lowest BCUT2D eigenvalue weighted by molar-refractivity contribution is -0.117. The molecule has 9 heteroatoms. The van der Waals surface area contributed by atoms with Crippen molar-refractivity contribution in [3.05, 3.63) is 23.2 Å². The maximum Gasteiger partial charge on any atom is 0.248 e. The maximum absolute atomic E-state index is 12.0. The lowest BCUT2D eigenvalue weighted by Crippen LogP contribution is -2.37. The Bertz CT molecular complexity index is 825. The second kappa shape index (κ2) is 7.17. The van der Waals surface area contributed by atoms with Gasteiger partial charge in [-0.25, -0.2) is 8.42 Å². The summed E-state index contributed by atoms with van der Waals surface area (Å²) in [4.78, 5) is 18.1. The van der Waals surface area contributed by atoms with Gasteiger partial charge in [0.25, 0.3) is 0 Å². The first-order valence-electron chi connectivity index (χ1n) is 7.96. The number of benzene rings is 1. The number of methoxy groups -OCH3 is 1. The van der Waals surface area contributed by atoms with Crippen molar-refractivity contribution in [1.82, 2.24) is 0 Å². The number of aliphatic imine (C=N–C) groups is 1. The molecule has 1 amide bonds. The summed E-state index contributed by atoms with van der Waals surface area (Å²) in [6.07, 6.45) is 1.09. The number of ether oxygens (including phenoxy) is 1. The third-order valence-corrected chi connectivity index (χ3v) is 7.67. The Morgan fingerprint density at radius 3 is 2.84 bits per heavy atom. The van der Waals surface area contributed by atoms with Crippen LogP contribution in [0.3, 0.4) is 0 Å². The first-order chi connectivity index (χ1) is 11.8. The molecule has 3 rings (SSSR count). The van der Waals surface area contributed by atoms with E-state index < -0.39 is 9.84 Å². The maximum atomic E-state index is 12.0. The number of hydrogen-bond acceptors (Lipinski definition) is 5. The third kappa shape index (κ3) is 3.80. The Balaban J connectivity index is 2.00. The Morgan fingerprint density at radius 1 is 1.44 bits per heavy atom. The molecule has 2 saturated heterocycles. The van der Waals surface area contributed by atoms with Crippen LogP contribution in [-0.2, 0) is 14.6 Å². The largest absolute Gasteiger partial charge is 0.495 e. The highest BCUT2D eigenvalue weighted by Crippen LogP contribution is 2.42. The highest BCUT2D eigenvalue weighted by atomic mass is 35.5. The van der Waals surface area contributed by atoms with Gasteiger partial charge in [-0.05, 0) is 24.6 Å². The summed E-state index contributed by atoms with van der Waals surface area (Å²) in [6, 6.07) is 5.00. The Labute approximate surface area is 156 Å². The molecule has 0 unspecified atom stereocenters. The fourth-order valence-corrected chi connectivity index (χ4v) is 7.23.